The zero-order valence-electron chi connectivity index (χ0n) is 10.3. The molecule has 2 rings (SSSR count). The molecule has 0 aromatic carbocycles. The van der Waals surface area contributed by atoms with Crippen molar-refractivity contribution >= 4 is 5.91 Å². The first kappa shape index (κ1) is 12.2. The number of rotatable bonds is 7. The highest BCUT2D eigenvalue weighted by molar-refractivity contribution is 5.78. The molecule has 1 heterocycles. The molecule has 0 radical (unpaired) electrons. The van der Waals surface area contributed by atoms with Gasteiger partial charge in [-0.15, -0.1) is 0 Å². The predicted molar refractivity (Wildman–Crippen MR) is 65.4 cm³/mol. The second-order valence-electron chi connectivity index (χ2n) is 4.51. The van der Waals surface area contributed by atoms with E-state index in [4.69, 9.17) is 4.42 Å². The standard InChI is InChI=1S/C13H20N2O2/c1-2-7-14-9-13(16)15(11-5-6-11)10-12-4-3-8-17-12/h3-4,8,11,14H,2,5-7,9-10H2,1H3. The quantitative estimate of drug-likeness (QED) is 0.734. The number of hydrogen-bond donors (Lipinski definition) is 1. The molecular weight excluding hydrogens is 216 g/mol. The summed E-state index contributed by atoms with van der Waals surface area (Å²) in [5.74, 6) is 1.04. The molecule has 1 amide bonds. The Morgan fingerprint density at radius 2 is 2.41 bits per heavy atom. The monoisotopic (exact) mass is 236 g/mol. The fraction of sp³-hybridized carbons (Fsp3) is 0.615. The first-order valence-corrected chi connectivity index (χ1v) is 6.34. The van der Waals surface area contributed by atoms with E-state index in [1.54, 1.807) is 6.26 Å². The highest BCUT2D eigenvalue weighted by Gasteiger charge is 2.32. The lowest BCUT2D eigenvalue weighted by atomic mass is 10.3. The van der Waals surface area contributed by atoms with Crippen molar-refractivity contribution < 1.29 is 9.21 Å². The van der Waals surface area contributed by atoms with E-state index in [1.165, 1.54) is 0 Å². The normalized spacial score (nSPS) is 14.9. The van der Waals surface area contributed by atoms with Crippen LogP contribution in [0.3, 0.4) is 0 Å². The van der Waals surface area contributed by atoms with Crippen molar-refractivity contribution in [1.82, 2.24) is 10.2 Å². The van der Waals surface area contributed by atoms with Crippen LogP contribution in [0.5, 0.6) is 0 Å². The third kappa shape index (κ3) is 3.60. The summed E-state index contributed by atoms with van der Waals surface area (Å²) in [7, 11) is 0. The zero-order chi connectivity index (χ0) is 12.1. The van der Waals surface area contributed by atoms with E-state index in [0.29, 0.717) is 19.1 Å². The van der Waals surface area contributed by atoms with Crippen molar-refractivity contribution in [3.8, 4) is 0 Å². The number of nitrogens with zero attached hydrogens (tertiary/aromatic N) is 1. The van der Waals surface area contributed by atoms with Crippen molar-refractivity contribution in [2.45, 2.75) is 38.8 Å². The lowest BCUT2D eigenvalue weighted by Gasteiger charge is -2.21. The Bertz CT molecular complexity index is 344. The smallest absolute Gasteiger partial charge is 0.237 e. The van der Waals surface area contributed by atoms with Crippen LogP contribution in [-0.4, -0.2) is 29.9 Å². The highest BCUT2D eigenvalue weighted by Crippen LogP contribution is 2.28. The number of furan rings is 1. The van der Waals surface area contributed by atoms with Gasteiger partial charge in [-0.05, 0) is 37.9 Å². The van der Waals surface area contributed by atoms with Gasteiger partial charge in [-0.25, -0.2) is 0 Å². The molecular formula is C13H20N2O2. The Morgan fingerprint density at radius 3 is 3.00 bits per heavy atom. The summed E-state index contributed by atoms with van der Waals surface area (Å²) in [6.07, 6.45) is 4.95. The summed E-state index contributed by atoms with van der Waals surface area (Å²) in [5.41, 5.74) is 0. The molecule has 4 heteroatoms. The number of carbonyl (C=O) groups excluding carboxylic acids is 1. The van der Waals surface area contributed by atoms with E-state index in [0.717, 1.165) is 31.6 Å². The van der Waals surface area contributed by atoms with Gasteiger partial charge in [0.25, 0.3) is 0 Å². The van der Waals surface area contributed by atoms with Gasteiger partial charge in [0, 0.05) is 6.04 Å². The summed E-state index contributed by atoms with van der Waals surface area (Å²) in [4.78, 5) is 14.0. The molecule has 17 heavy (non-hydrogen) atoms. The van der Waals surface area contributed by atoms with Crippen molar-refractivity contribution in [3.63, 3.8) is 0 Å². The molecule has 1 fully saturated rings. The molecule has 0 atom stereocenters. The van der Waals surface area contributed by atoms with Crippen molar-refractivity contribution in [1.29, 1.82) is 0 Å². The fourth-order valence-electron chi connectivity index (χ4n) is 1.85. The summed E-state index contributed by atoms with van der Waals surface area (Å²) in [6, 6.07) is 4.21. The van der Waals surface area contributed by atoms with Crippen molar-refractivity contribution in [3.05, 3.63) is 24.2 Å². The van der Waals surface area contributed by atoms with E-state index >= 15 is 0 Å². The van der Waals surface area contributed by atoms with Gasteiger partial charge in [-0.1, -0.05) is 6.92 Å². The number of carbonyl (C=O) groups is 1. The van der Waals surface area contributed by atoms with Gasteiger partial charge >= 0.3 is 0 Å². The van der Waals surface area contributed by atoms with Crippen LogP contribution in [0.4, 0.5) is 0 Å². The molecule has 1 aliphatic carbocycles. The third-order valence-corrected chi connectivity index (χ3v) is 2.92. The molecule has 1 aromatic rings. The van der Waals surface area contributed by atoms with Crippen LogP contribution in [0.25, 0.3) is 0 Å². The molecule has 1 saturated carbocycles. The molecule has 4 nitrogen and oxygen atoms in total. The summed E-state index contributed by atoms with van der Waals surface area (Å²) >= 11 is 0. The van der Waals surface area contributed by atoms with Gasteiger partial charge in [0.05, 0.1) is 19.4 Å². The van der Waals surface area contributed by atoms with E-state index in [-0.39, 0.29) is 5.91 Å². The molecule has 0 spiro atoms. The van der Waals surface area contributed by atoms with Crippen LogP contribution in [0.15, 0.2) is 22.8 Å². The van der Waals surface area contributed by atoms with Gasteiger partial charge in [0.2, 0.25) is 5.91 Å². The van der Waals surface area contributed by atoms with E-state index in [9.17, 15) is 4.79 Å². The molecule has 0 bridgehead atoms. The molecule has 1 N–H and O–H groups in total. The first-order chi connectivity index (χ1) is 8.31. The SMILES string of the molecule is CCCNCC(=O)N(Cc1ccco1)C1CC1. The summed E-state index contributed by atoms with van der Waals surface area (Å²) in [5, 5.41) is 3.16. The predicted octanol–water partition coefficient (Wildman–Crippen LogP) is 1.77. The lowest BCUT2D eigenvalue weighted by Crippen LogP contribution is -2.39. The highest BCUT2D eigenvalue weighted by atomic mass is 16.3. The minimum atomic E-state index is 0.178. The Hall–Kier alpha value is -1.29. The largest absolute Gasteiger partial charge is 0.467 e. The van der Waals surface area contributed by atoms with Crippen LogP contribution >= 0.6 is 0 Å². The Labute approximate surface area is 102 Å². The molecule has 0 aliphatic heterocycles. The van der Waals surface area contributed by atoms with Crippen molar-refractivity contribution in [2.75, 3.05) is 13.1 Å². The van der Waals surface area contributed by atoms with E-state index in [2.05, 4.69) is 12.2 Å². The minimum Gasteiger partial charge on any atom is -0.467 e. The summed E-state index contributed by atoms with van der Waals surface area (Å²) < 4.78 is 5.30. The Balaban J connectivity index is 1.86. The number of nitrogens with one attached hydrogen (secondary N) is 1. The lowest BCUT2D eigenvalue weighted by molar-refractivity contribution is -0.131. The first-order valence-electron chi connectivity index (χ1n) is 6.34. The van der Waals surface area contributed by atoms with Gasteiger partial charge in [-0.3, -0.25) is 4.79 Å². The zero-order valence-corrected chi connectivity index (χ0v) is 10.3. The van der Waals surface area contributed by atoms with Gasteiger partial charge in [0.15, 0.2) is 0 Å². The second-order valence-corrected chi connectivity index (χ2v) is 4.51. The van der Waals surface area contributed by atoms with E-state index < -0.39 is 0 Å². The maximum absolute atomic E-state index is 12.0. The molecule has 0 saturated heterocycles. The van der Waals surface area contributed by atoms with Gasteiger partial charge < -0.3 is 14.6 Å². The minimum absolute atomic E-state index is 0.178. The molecule has 0 unspecified atom stereocenters. The molecule has 94 valence electrons. The Morgan fingerprint density at radius 1 is 1.59 bits per heavy atom. The van der Waals surface area contributed by atoms with Gasteiger partial charge in [-0.2, -0.15) is 0 Å². The van der Waals surface area contributed by atoms with Crippen LogP contribution in [-0.2, 0) is 11.3 Å². The Kier molecular flexibility index (Phi) is 4.20. The number of amides is 1. The molecule has 1 aromatic heterocycles. The van der Waals surface area contributed by atoms with Crippen molar-refractivity contribution in [2.24, 2.45) is 0 Å². The average molecular weight is 236 g/mol. The second kappa shape index (κ2) is 5.87. The summed E-state index contributed by atoms with van der Waals surface area (Å²) in [6.45, 7) is 4.03. The van der Waals surface area contributed by atoms with Crippen LogP contribution in [0, 0.1) is 0 Å². The van der Waals surface area contributed by atoms with E-state index in [1.807, 2.05) is 17.0 Å². The maximum Gasteiger partial charge on any atom is 0.237 e. The van der Waals surface area contributed by atoms with Crippen LogP contribution in [0.2, 0.25) is 0 Å². The van der Waals surface area contributed by atoms with Gasteiger partial charge in [0.1, 0.15) is 5.76 Å². The fourth-order valence-corrected chi connectivity index (χ4v) is 1.85. The average Bonchev–Trinajstić information content (AvgIpc) is 3.03. The third-order valence-electron chi connectivity index (χ3n) is 2.92. The number of hydrogen-bond acceptors (Lipinski definition) is 3. The van der Waals surface area contributed by atoms with Crippen LogP contribution in [0.1, 0.15) is 31.9 Å². The molecule has 1 aliphatic rings. The maximum atomic E-state index is 12.0. The van der Waals surface area contributed by atoms with Crippen LogP contribution < -0.4 is 5.32 Å². The topological polar surface area (TPSA) is 45.5 Å².